The molecule has 0 fully saturated rings. The van der Waals surface area contributed by atoms with Gasteiger partial charge in [-0.3, -0.25) is 9.52 Å². The van der Waals surface area contributed by atoms with Crippen LogP contribution >= 0.6 is 11.3 Å². The Bertz CT molecular complexity index is 1080. The number of ether oxygens (including phenoxy) is 2. The summed E-state index contributed by atoms with van der Waals surface area (Å²) in [5, 5.41) is 4.51. The number of nitrogens with one attached hydrogen (secondary N) is 2. The maximum absolute atomic E-state index is 12.4. The van der Waals surface area contributed by atoms with E-state index in [1.54, 1.807) is 68.1 Å². The van der Waals surface area contributed by atoms with Crippen LogP contribution < -0.4 is 19.5 Å². The minimum atomic E-state index is -3.62. The van der Waals surface area contributed by atoms with Crippen LogP contribution in [0.5, 0.6) is 11.5 Å². The van der Waals surface area contributed by atoms with Crippen molar-refractivity contribution in [1.82, 2.24) is 5.32 Å². The summed E-state index contributed by atoms with van der Waals surface area (Å²) in [6.07, 6.45) is 0. The summed E-state index contributed by atoms with van der Waals surface area (Å²) in [5.74, 6) is 1.02. The second-order valence-corrected chi connectivity index (χ2v) is 8.83. The molecule has 3 rings (SSSR count). The Hall–Kier alpha value is -3.04. The Morgan fingerprint density at radius 3 is 2.41 bits per heavy atom. The predicted octanol–water partition coefficient (Wildman–Crippen LogP) is 3.50. The van der Waals surface area contributed by atoms with Crippen LogP contribution in [-0.4, -0.2) is 28.5 Å². The fourth-order valence-electron chi connectivity index (χ4n) is 2.61. The molecule has 0 spiro atoms. The average Bonchev–Trinajstić information content (AvgIpc) is 3.28. The number of sulfonamides is 1. The number of hydrogen-bond acceptors (Lipinski definition) is 6. The highest BCUT2D eigenvalue weighted by atomic mass is 32.2. The summed E-state index contributed by atoms with van der Waals surface area (Å²) in [7, 11) is -0.495. The molecular formula is C20H20N2O5S2. The molecule has 2 N–H and O–H groups in total. The number of carbonyl (C=O) groups is 1. The zero-order valence-corrected chi connectivity index (χ0v) is 17.5. The van der Waals surface area contributed by atoms with Crippen molar-refractivity contribution in [2.75, 3.05) is 18.9 Å². The van der Waals surface area contributed by atoms with E-state index in [2.05, 4.69) is 10.0 Å². The van der Waals surface area contributed by atoms with Gasteiger partial charge in [0.1, 0.15) is 15.7 Å². The monoisotopic (exact) mass is 432 g/mol. The molecule has 1 amide bonds. The minimum absolute atomic E-state index is 0.228. The smallest absolute Gasteiger partial charge is 0.271 e. The number of methoxy groups -OCH3 is 2. The molecule has 29 heavy (non-hydrogen) atoms. The van der Waals surface area contributed by atoms with Crippen molar-refractivity contribution in [1.29, 1.82) is 0 Å². The second kappa shape index (κ2) is 8.97. The molecule has 152 valence electrons. The van der Waals surface area contributed by atoms with E-state index in [0.29, 0.717) is 22.7 Å². The van der Waals surface area contributed by atoms with Crippen molar-refractivity contribution in [3.8, 4) is 11.5 Å². The first-order chi connectivity index (χ1) is 13.9. The molecule has 0 atom stereocenters. The first kappa shape index (κ1) is 20.7. The van der Waals surface area contributed by atoms with E-state index in [9.17, 15) is 13.2 Å². The van der Waals surface area contributed by atoms with Crippen molar-refractivity contribution in [3.63, 3.8) is 0 Å². The van der Waals surface area contributed by atoms with Crippen LogP contribution in [0, 0.1) is 0 Å². The van der Waals surface area contributed by atoms with Gasteiger partial charge in [0.25, 0.3) is 15.9 Å². The van der Waals surface area contributed by atoms with Gasteiger partial charge < -0.3 is 14.8 Å². The van der Waals surface area contributed by atoms with Gasteiger partial charge >= 0.3 is 0 Å². The fraction of sp³-hybridized carbons (Fsp3) is 0.150. The molecular weight excluding hydrogens is 412 g/mol. The van der Waals surface area contributed by atoms with E-state index in [4.69, 9.17) is 9.47 Å². The molecule has 0 bridgehead atoms. The van der Waals surface area contributed by atoms with Crippen LogP contribution in [0.3, 0.4) is 0 Å². The molecule has 0 aliphatic rings. The summed E-state index contributed by atoms with van der Waals surface area (Å²) in [6, 6.07) is 14.8. The molecule has 7 nitrogen and oxygen atoms in total. The van der Waals surface area contributed by atoms with Crippen molar-refractivity contribution in [2.24, 2.45) is 0 Å². The SMILES string of the molecule is COc1ccc(OC)c(CNC(=O)c2ccc(NS(=O)(=O)c3cccs3)cc2)c1. The van der Waals surface area contributed by atoms with E-state index in [1.165, 1.54) is 6.07 Å². The number of anilines is 1. The molecule has 0 aliphatic heterocycles. The van der Waals surface area contributed by atoms with E-state index < -0.39 is 10.0 Å². The molecule has 0 unspecified atom stereocenters. The lowest BCUT2D eigenvalue weighted by Crippen LogP contribution is -2.23. The first-order valence-electron chi connectivity index (χ1n) is 8.58. The van der Waals surface area contributed by atoms with Gasteiger partial charge in [0.05, 0.1) is 14.2 Å². The van der Waals surface area contributed by atoms with Crippen LogP contribution in [-0.2, 0) is 16.6 Å². The Morgan fingerprint density at radius 2 is 1.79 bits per heavy atom. The normalized spacial score (nSPS) is 11.0. The quantitative estimate of drug-likeness (QED) is 0.568. The molecule has 0 aliphatic carbocycles. The molecule has 1 heterocycles. The lowest BCUT2D eigenvalue weighted by molar-refractivity contribution is 0.0950. The van der Waals surface area contributed by atoms with Gasteiger partial charge in [-0.05, 0) is 53.9 Å². The Labute approximate surface area is 173 Å². The third-order valence-corrected chi connectivity index (χ3v) is 6.86. The highest BCUT2D eigenvalue weighted by Crippen LogP contribution is 2.24. The highest BCUT2D eigenvalue weighted by molar-refractivity contribution is 7.94. The number of thiophene rings is 1. The van der Waals surface area contributed by atoms with Crippen LogP contribution in [0.25, 0.3) is 0 Å². The molecule has 0 saturated heterocycles. The van der Waals surface area contributed by atoms with Crippen molar-refractivity contribution < 1.29 is 22.7 Å². The topological polar surface area (TPSA) is 93.7 Å². The third kappa shape index (κ3) is 5.07. The lowest BCUT2D eigenvalue weighted by atomic mass is 10.1. The molecule has 0 radical (unpaired) electrons. The summed E-state index contributed by atoms with van der Waals surface area (Å²) in [4.78, 5) is 12.4. The standard InChI is InChI=1S/C20H20N2O5S2/c1-26-17-9-10-18(27-2)15(12-17)13-21-20(23)14-5-7-16(8-6-14)22-29(24,25)19-4-3-11-28-19/h3-12,22H,13H2,1-2H3,(H,21,23). The molecule has 0 saturated carbocycles. The van der Waals surface area contributed by atoms with Gasteiger partial charge in [0.15, 0.2) is 0 Å². The molecule has 9 heteroatoms. The second-order valence-electron chi connectivity index (χ2n) is 5.98. The van der Waals surface area contributed by atoms with Gasteiger partial charge in [0, 0.05) is 23.4 Å². The van der Waals surface area contributed by atoms with Crippen LogP contribution in [0.4, 0.5) is 5.69 Å². The van der Waals surface area contributed by atoms with E-state index in [-0.39, 0.29) is 16.7 Å². The maximum atomic E-state index is 12.4. The van der Waals surface area contributed by atoms with Gasteiger partial charge in [-0.1, -0.05) is 6.07 Å². The van der Waals surface area contributed by atoms with Gasteiger partial charge in [0.2, 0.25) is 0 Å². The van der Waals surface area contributed by atoms with Crippen molar-refractivity contribution >= 4 is 33.0 Å². The van der Waals surface area contributed by atoms with Crippen LogP contribution in [0.15, 0.2) is 64.2 Å². The maximum Gasteiger partial charge on any atom is 0.271 e. The van der Waals surface area contributed by atoms with Crippen molar-refractivity contribution in [2.45, 2.75) is 10.8 Å². The number of hydrogen-bond donors (Lipinski definition) is 2. The summed E-state index contributed by atoms with van der Waals surface area (Å²) in [5.41, 5.74) is 1.57. The molecule has 2 aromatic carbocycles. The average molecular weight is 433 g/mol. The Balaban J connectivity index is 1.65. The number of amides is 1. The summed E-state index contributed by atoms with van der Waals surface area (Å²) < 4.78 is 37.7. The summed E-state index contributed by atoms with van der Waals surface area (Å²) in [6.45, 7) is 0.256. The minimum Gasteiger partial charge on any atom is -0.497 e. The molecule has 1 aromatic heterocycles. The van der Waals surface area contributed by atoms with Gasteiger partial charge in [-0.25, -0.2) is 8.42 Å². The number of benzene rings is 2. The summed E-state index contributed by atoms with van der Waals surface area (Å²) >= 11 is 1.13. The number of rotatable bonds is 8. The van der Waals surface area contributed by atoms with Crippen LogP contribution in [0.2, 0.25) is 0 Å². The van der Waals surface area contributed by atoms with E-state index in [1.807, 2.05) is 0 Å². The number of carbonyl (C=O) groups excluding carboxylic acids is 1. The largest absolute Gasteiger partial charge is 0.497 e. The Morgan fingerprint density at radius 1 is 1.03 bits per heavy atom. The zero-order chi connectivity index (χ0) is 20.9. The van der Waals surface area contributed by atoms with Crippen molar-refractivity contribution in [3.05, 3.63) is 71.1 Å². The lowest BCUT2D eigenvalue weighted by Gasteiger charge is -2.12. The van der Waals surface area contributed by atoms with E-state index in [0.717, 1.165) is 16.9 Å². The fourth-order valence-corrected chi connectivity index (χ4v) is 4.66. The third-order valence-electron chi connectivity index (χ3n) is 4.09. The van der Waals surface area contributed by atoms with Gasteiger partial charge in [-0.15, -0.1) is 11.3 Å². The predicted molar refractivity (Wildman–Crippen MR) is 112 cm³/mol. The van der Waals surface area contributed by atoms with E-state index >= 15 is 0 Å². The van der Waals surface area contributed by atoms with Crippen LogP contribution in [0.1, 0.15) is 15.9 Å². The Kier molecular flexibility index (Phi) is 6.40. The first-order valence-corrected chi connectivity index (χ1v) is 10.9. The highest BCUT2D eigenvalue weighted by Gasteiger charge is 2.15. The zero-order valence-electron chi connectivity index (χ0n) is 15.8. The van der Waals surface area contributed by atoms with Gasteiger partial charge in [-0.2, -0.15) is 0 Å². The molecule has 3 aromatic rings.